The number of piperidine rings is 1. The maximum Gasteiger partial charge on any atom is 0.492 e. The van der Waals surface area contributed by atoms with Crippen LogP contribution in [0.25, 0.3) is 0 Å². The van der Waals surface area contributed by atoms with Gasteiger partial charge in [-0.2, -0.15) is 13.2 Å². The fourth-order valence-corrected chi connectivity index (χ4v) is 3.50. The van der Waals surface area contributed by atoms with E-state index in [9.17, 15) is 26.9 Å². The molecule has 1 aromatic rings. The van der Waals surface area contributed by atoms with Crippen LogP contribution in [0.4, 0.5) is 17.6 Å². The van der Waals surface area contributed by atoms with Crippen LogP contribution in [-0.2, 0) is 20.8 Å². The summed E-state index contributed by atoms with van der Waals surface area (Å²) in [5.74, 6) is -2.69. The third-order valence-corrected chi connectivity index (χ3v) is 5.01. The molecule has 0 spiro atoms. The zero-order valence-corrected chi connectivity index (χ0v) is 12.1. The molecule has 0 N–H and O–H groups in total. The van der Waals surface area contributed by atoms with Gasteiger partial charge < -0.3 is 9.39 Å². The summed E-state index contributed by atoms with van der Waals surface area (Å²) in [6.45, 7) is 0.138. The highest BCUT2D eigenvalue weighted by atomic mass is 32.2. The third-order valence-electron chi connectivity index (χ3n) is 3.19. The van der Waals surface area contributed by atoms with Crippen molar-refractivity contribution in [3.63, 3.8) is 0 Å². The van der Waals surface area contributed by atoms with Crippen molar-refractivity contribution < 1.29 is 31.7 Å². The summed E-state index contributed by atoms with van der Waals surface area (Å²) < 4.78 is 61.3. The van der Waals surface area contributed by atoms with Crippen molar-refractivity contribution in [1.82, 2.24) is 5.06 Å². The summed E-state index contributed by atoms with van der Waals surface area (Å²) in [6.07, 6.45) is -4.40. The average Bonchev–Trinajstić information content (AvgIpc) is 2.47. The van der Waals surface area contributed by atoms with Crippen LogP contribution in [0, 0.1) is 5.82 Å². The number of carbonyl (C=O) groups excluding carboxylic acids is 1. The predicted molar refractivity (Wildman–Crippen MR) is 69.6 cm³/mol. The van der Waals surface area contributed by atoms with Crippen LogP contribution < -0.4 is 0 Å². The summed E-state index contributed by atoms with van der Waals surface area (Å²) in [6, 6.07) is 5.24. The third kappa shape index (κ3) is 4.34. The first-order chi connectivity index (χ1) is 10.3. The zero-order valence-electron chi connectivity index (χ0n) is 11.3. The molecule has 122 valence electrons. The van der Waals surface area contributed by atoms with Gasteiger partial charge in [0.25, 0.3) is 0 Å². The average molecular weight is 339 g/mol. The second-order valence-electron chi connectivity index (χ2n) is 4.76. The first-order valence-corrected chi connectivity index (χ1v) is 7.69. The molecule has 0 saturated carbocycles. The number of carbonyl (C=O) groups is 1. The van der Waals surface area contributed by atoms with Crippen molar-refractivity contribution in [2.45, 2.75) is 29.2 Å². The lowest BCUT2D eigenvalue weighted by molar-refractivity contribution is -0.240. The fourth-order valence-electron chi connectivity index (χ4n) is 2.07. The van der Waals surface area contributed by atoms with E-state index in [-0.39, 0.29) is 18.3 Å². The zero-order chi connectivity index (χ0) is 16.3. The van der Waals surface area contributed by atoms with Crippen LogP contribution in [0.15, 0.2) is 29.2 Å². The normalized spacial score (nSPS) is 19.0. The fraction of sp³-hybridized carbons (Fsp3) is 0.462. The lowest BCUT2D eigenvalue weighted by Crippen LogP contribution is -2.42. The van der Waals surface area contributed by atoms with E-state index in [4.69, 9.17) is 0 Å². The maximum absolute atomic E-state index is 12.8. The summed E-state index contributed by atoms with van der Waals surface area (Å²) >= 11 is -1.38. The molecule has 0 radical (unpaired) electrons. The van der Waals surface area contributed by atoms with Gasteiger partial charge in [-0.1, -0.05) is 0 Å². The molecule has 1 unspecified atom stereocenters. The van der Waals surface area contributed by atoms with E-state index in [1.807, 2.05) is 0 Å². The topological polar surface area (TPSA) is 52.6 Å². The summed E-state index contributed by atoms with van der Waals surface area (Å²) in [5.41, 5.74) is 0. The van der Waals surface area contributed by atoms with Crippen LogP contribution in [-0.4, -0.2) is 40.1 Å². The molecule has 4 nitrogen and oxygen atoms in total. The highest BCUT2D eigenvalue weighted by Crippen LogP contribution is 2.26. The standard InChI is InChI=1S/C13H13F4NO3S/c14-9-1-3-10(4-2-9)22(20)11-5-7-18(8-6-11)21-12(19)13(15,16)17/h1-4,11H,5-8H2. The first kappa shape index (κ1) is 17.0. The minimum Gasteiger partial charge on any atom is -0.611 e. The van der Waals surface area contributed by atoms with E-state index >= 15 is 0 Å². The van der Waals surface area contributed by atoms with Gasteiger partial charge in [-0.05, 0) is 35.4 Å². The van der Waals surface area contributed by atoms with Gasteiger partial charge in [0.15, 0.2) is 4.90 Å². The minimum absolute atomic E-state index is 0.0689. The van der Waals surface area contributed by atoms with Gasteiger partial charge in [0.1, 0.15) is 11.1 Å². The van der Waals surface area contributed by atoms with Gasteiger partial charge in [-0.25, -0.2) is 9.18 Å². The Morgan fingerprint density at radius 1 is 1.23 bits per heavy atom. The molecule has 9 heteroatoms. The van der Waals surface area contributed by atoms with Crippen LogP contribution in [0.3, 0.4) is 0 Å². The predicted octanol–water partition coefficient (Wildman–Crippen LogP) is 2.42. The van der Waals surface area contributed by atoms with E-state index in [0.717, 1.165) is 5.06 Å². The van der Waals surface area contributed by atoms with Crippen molar-refractivity contribution >= 4 is 17.1 Å². The van der Waals surface area contributed by atoms with Gasteiger partial charge in [0, 0.05) is 25.9 Å². The molecule has 1 aromatic carbocycles. The van der Waals surface area contributed by atoms with Crippen molar-refractivity contribution in [2.24, 2.45) is 0 Å². The Bertz CT molecular complexity index is 515. The smallest absolute Gasteiger partial charge is 0.492 e. The number of benzene rings is 1. The summed E-state index contributed by atoms with van der Waals surface area (Å²) in [7, 11) is 0. The number of hydrogen-bond donors (Lipinski definition) is 0. The van der Waals surface area contributed by atoms with E-state index in [1.165, 1.54) is 24.3 Å². The maximum atomic E-state index is 12.8. The molecule has 1 fully saturated rings. The number of halogens is 4. The Hall–Kier alpha value is -1.32. The number of alkyl halides is 3. The Morgan fingerprint density at radius 2 is 1.77 bits per heavy atom. The van der Waals surface area contributed by atoms with Gasteiger partial charge in [0.2, 0.25) is 0 Å². The monoisotopic (exact) mass is 339 g/mol. The highest BCUT2D eigenvalue weighted by Gasteiger charge is 2.43. The number of hydroxylamine groups is 2. The highest BCUT2D eigenvalue weighted by molar-refractivity contribution is 7.92. The largest absolute Gasteiger partial charge is 0.611 e. The number of rotatable bonds is 3. The van der Waals surface area contributed by atoms with Crippen molar-refractivity contribution in [2.75, 3.05) is 13.1 Å². The van der Waals surface area contributed by atoms with Gasteiger partial charge in [-0.15, -0.1) is 5.06 Å². The summed E-state index contributed by atoms with van der Waals surface area (Å²) in [4.78, 5) is 15.4. The second-order valence-corrected chi connectivity index (χ2v) is 6.49. The van der Waals surface area contributed by atoms with E-state index < -0.39 is 29.1 Å². The molecule has 22 heavy (non-hydrogen) atoms. The lowest BCUT2D eigenvalue weighted by atomic mass is 10.1. The molecule has 1 saturated heterocycles. The molecule has 0 amide bonds. The Morgan fingerprint density at radius 3 is 2.27 bits per heavy atom. The van der Waals surface area contributed by atoms with Crippen LogP contribution in [0.5, 0.6) is 0 Å². The van der Waals surface area contributed by atoms with Crippen molar-refractivity contribution in [3.05, 3.63) is 30.1 Å². The molecule has 0 aromatic heterocycles. The van der Waals surface area contributed by atoms with Crippen molar-refractivity contribution in [1.29, 1.82) is 0 Å². The molecule has 1 aliphatic heterocycles. The van der Waals surface area contributed by atoms with Gasteiger partial charge >= 0.3 is 12.1 Å². The number of nitrogens with zero attached hydrogens (tertiary/aromatic N) is 1. The SMILES string of the molecule is O=C(ON1CCC([S+]([O-])c2ccc(F)cc2)CC1)C(F)(F)F. The summed E-state index contributed by atoms with van der Waals surface area (Å²) in [5, 5.41) is 0.653. The molecule has 1 heterocycles. The van der Waals surface area contributed by atoms with Crippen molar-refractivity contribution in [3.8, 4) is 0 Å². The number of hydrogen-bond acceptors (Lipinski definition) is 4. The molecule has 2 rings (SSSR count). The second kappa shape index (κ2) is 6.84. The minimum atomic E-state index is -5.03. The quantitative estimate of drug-likeness (QED) is 0.627. The molecular weight excluding hydrogens is 326 g/mol. The Kier molecular flexibility index (Phi) is 5.30. The van der Waals surface area contributed by atoms with E-state index in [0.29, 0.717) is 17.7 Å². The molecule has 0 bridgehead atoms. The molecule has 0 aliphatic carbocycles. The van der Waals surface area contributed by atoms with Crippen LogP contribution in [0.2, 0.25) is 0 Å². The molecule has 1 aliphatic rings. The molecular formula is C13H13F4NO3S. The van der Waals surface area contributed by atoms with E-state index in [2.05, 4.69) is 4.84 Å². The lowest BCUT2D eigenvalue weighted by Gasteiger charge is -2.31. The van der Waals surface area contributed by atoms with Crippen LogP contribution >= 0.6 is 0 Å². The van der Waals surface area contributed by atoms with Crippen LogP contribution in [0.1, 0.15) is 12.8 Å². The van der Waals surface area contributed by atoms with E-state index in [1.54, 1.807) is 0 Å². The van der Waals surface area contributed by atoms with Gasteiger partial charge in [0.05, 0.1) is 0 Å². The Labute approximate surface area is 127 Å². The Balaban J connectivity index is 1.86. The van der Waals surface area contributed by atoms with Gasteiger partial charge in [-0.3, -0.25) is 0 Å². The molecule has 1 atom stereocenters. The first-order valence-electron chi connectivity index (χ1n) is 6.47.